The van der Waals surface area contributed by atoms with Crippen molar-refractivity contribution in [2.75, 3.05) is 12.9 Å². The van der Waals surface area contributed by atoms with Crippen LogP contribution in [0.4, 0.5) is 0 Å². The molecule has 0 atom stereocenters. The summed E-state index contributed by atoms with van der Waals surface area (Å²) in [4.78, 5) is 14.9. The molecule has 0 aliphatic rings. The van der Waals surface area contributed by atoms with Crippen LogP contribution in [0, 0.1) is 0 Å². The van der Waals surface area contributed by atoms with Gasteiger partial charge < -0.3 is 9.84 Å². The van der Waals surface area contributed by atoms with Gasteiger partial charge in [0.15, 0.2) is 11.0 Å². The molecule has 0 fully saturated rings. The molecule has 6 nitrogen and oxygen atoms in total. The van der Waals surface area contributed by atoms with Crippen LogP contribution in [-0.4, -0.2) is 38.7 Å². The van der Waals surface area contributed by atoms with Crippen LogP contribution >= 0.6 is 27.7 Å². The van der Waals surface area contributed by atoms with Gasteiger partial charge in [-0.05, 0) is 18.2 Å². The predicted molar refractivity (Wildman–Crippen MR) is 79.1 cm³/mol. The van der Waals surface area contributed by atoms with Crippen molar-refractivity contribution in [2.24, 2.45) is 7.05 Å². The Kier molecular flexibility index (Phi) is 4.66. The third kappa shape index (κ3) is 3.31. The third-order valence-corrected chi connectivity index (χ3v) is 3.95. The Morgan fingerprint density at radius 1 is 1.55 bits per heavy atom. The lowest BCUT2D eigenvalue weighted by molar-refractivity contribution is -0.133. The van der Waals surface area contributed by atoms with E-state index in [4.69, 9.17) is 9.84 Å². The molecule has 1 N–H and O–H groups in total. The van der Waals surface area contributed by atoms with Gasteiger partial charge in [-0.3, -0.25) is 4.79 Å². The SMILES string of the molecule is COc1cc(Br)ccc1-c1nc(SCC(=O)O)n(C)n1. The molecule has 20 heavy (non-hydrogen) atoms. The highest BCUT2D eigenvalue weighted by Crippen LogP contribution is 2.31. The number of methoxy groups -OCH3 is 1. The van der Waals surface area contributed by atoms with Crippen LogP contribution in [0.2, 0.25) is 0 Å². The maximum atomic E-state index is 10.6. The van der Waals surface area contributed by atoms with E-state index in [0.29, 0.717) is 16.7 Å². The summed E-state index contributed by atoms with van der Waals surface area (Å²) >= 11 is 4.50. The van der Waals surface area contributed by atoms with Crippen LogP contribution in [0.25, 0.3) is 11.4 Å². The molecule has 0 bridgehead atoms. The number of hydrogen-bond donors (Lipinski definition) is 1. The number of rotatable bonds is 5. The molecule has 106 valence electrons. The molecule has 0 aliphatic carbocycles. The summed E-state index contributed by atoms with van der Waals surface area (Å²) in [6.45, 7) is 0. The number of carboxylic acid groups (broad SMARTS) is 1. The largest absolute Gasteiger partial charge is 0.496 e. The highest BCUT2D eigenvalue weighted by molar-refractivity contribution is 9.10. The second-order valence-corrected chi connectivity index (χ2v) is 5.73. The zero-order valence-corrected chi connectivity index (χ0v) is 13.2. The fourth-order valence-electron chi connectivity index (χ4n) is 1.59. The average Bonchev–Trinajstić information content (AvgIpc) is 2.77. The molecule has 0 radical (unpaired) electrons. The van der Waals surface area contributed by atoms with Crippen molar-refractivity contribution in [2.45, 2.75) is 5.16 Å². The van der Waals surface area contributed by atoms with Gasteiger partial charge in [0.1, 0.15) is 5.75 Å². The Bertz CT molecular complexity index is 645. The minimum atomic E-state index is -0.888. The molecule has 0 aliphatic heterocycles. The van der Waals surface area contributed by atoms with E-state index in [1.54, 1.807) is 18.8 Å². The van der Waals surface area contributed by atoms with Crippen LogP contribution in [-0.2, 0) is 11.8 Å². The van der Waals surface area contributed by atoms with Gasteiger partial charge in [-0.25, -0.2) is 9.67 Å². The smallest absolute Gasteiger partial charge is 0.313 e. The zero-order valence-electron chi connectivity index (χ0n) is 10.8. The van der Waals surface area contributed by atoms with Gasteiger partial charge >= 0.3 is 5.97 Å². The Hall–Kier alpha value is -1.54. The summed E-state index contributed by atoms with van der Waals surface area (Å²) < 4.78 is 7.77. The minimum absolute atomic E-state index is 0.0521. The van der Waals surface area contributed by atoms with E-state index in [-0.39, 0.29) is 5.75 Å². The number of thioether (sulfide) groups is 1. The first kappa shape index (κ1) is 14.9. The fraction of sp³-hybridized carbons (Fsp3) is 0.250. The molecule has 0 saturated heterocycles. The van der Waals surface area contributed by atoms with E-state index in [1.807, 2.05) is 18.2 Å². The average molecular weight is 358 g/mol. The van der Waals surface area contributed by atoms with Gasteiger partial charge in [-0.1, -0.05) is 27.7 Å². The van der Waals surface area contributed by atoms with Crippen molar-refractivity contribution < 1.29 is 14.6 Å². The van der Waals surface area contributed by atoms with Crippen molar-refractivity contribution >= 4 is 33.7 Å². The summed E-state index contributed by atoms with van der Waals surface area (Å²) in [5.74, 6) is 0.217. The monoisotopic (exact) mass is 357 g/mol. The standard InChI is InChI=1S/C12H12BrN3O3S/c1-16-12(20-6-10(17)18)14-11(15-16)8-4-3-7(13)5-9(8)19-2/h3-5H,6H2,1-2H3,(H,17,18). The number of aliphatic carboxylic acids is 1. The Morgan fingerprint density at radius 2 is 2.30 bits per heavy atom. The predicted octanol–water partition coefficient (Wildman–Crippen LogP) is 2.43. The Labute approximate surface area is 128 Å². The summed E-state index contributed by atoms with van der Waals surface area (Å²) in [6.07, 6.45) is 0. The molecule has 8 heteroatoms. The van der Waals surface area contributed by atoms with Crippen molar-refractivity contribution in [3.63, 3.8) is 0 Å². The number of nitrogens with zero attached hydrogens (tertiary/aromatic N) is 3. The Morgan fingerprint density at radius 3 is 2.95 bits per heavy atom. The number of ether oxygens (including phenoxy) is 1. The van der Waals surface area contributed by atoms with E-state index in [0.717, 1.165) is 21.8 Å². The van der Waals surface area contributed by atoms with Crippen LogP contribution in [0.15, 0.2) is 27.8 Å². The van der Waals surface area contributed by atoms with E-state index in [9.17, 15) is 4.79 Å². The minimum Gasteiger partial charge on any atom is -0.496 e. The van der Waals surface area contributed by atoms with Gasteiger partial charge in [0.2, 0.25) is 0 Å². The first-order valence-corrected chi connectivity index (χ1v) is 7.38. The zero-order chi connectivity index (χ0) is 14.7. The lowest BCUT2D eigenvalue weighted by atomic mass is 10.2. The second-order valence-electron chi connectivity index (χ2n) is 3.87. The molecule has 1 heterocycles. The van der Waals surface area contributed by atoms with Crippen LogP contribution in [0.3, 0.4) is 0 Å². The number of benzene rings is 1. The maximum absolute atomic E-state index is 10.6. The van der Waals surface area contributed by atoms with Gasteiger partial charge in [0, 0.05) is 11.5 Å². The normalized spacial score (nSPS) is 10.6. The molecule has 0 amide bonds. The molecule has 0 unspecified atom stereocenters. The maximum Gasteiger partial charge on any atom is 0.313 e. The van der Waals surface area contributed by atoms with Crippen LogP contribution < -0.4 is 4.74 Å². The summed E-state index contributed by atoms with van der Waals surface area (Å²) in [5.41, 5.74) is 0.758. The van der Waals surface area contributed by atoms with E-state index in [1.165, 1.54) is 0 Å². The first-order chi connectivity index (χ1) is 9.51. The first-order valence-electron chi connectivity index (χ1n) is 5.61. The van der Waals surface area contributed by atoms with Crippen molar-refractivity contribution in [3.05, 3.63) is 22.7 Å². The topological polar surface area (TPSA) is 77.2 Å². The van der Waals surface area contributed by atoms with Crippen LogP contribution in [0.1, 0.15) is 0 Å². The van der Waals surface area contributed by atoms with Gasteiger partial charge in [0.25, 0.3) is 0 Å². The molecular weight excluding hydrogens is 346 g/mol. The lowest BCUT2D eigenvalue weighted by Crippen LogP contribution is -2.00. The summed E-state index contributed by atoms with van der Waals surface area (Å²) in [6, 6.07) is 5.55. The quantitative estimate of drug-likeness (QED) is 0.828. The van der Waals surface area contributed by atoms with Gasteiger partial charge in [-0.15, -0.1) is 0 Å². The summed E-state index contributed by atoms with van der Waals surface area (Å²) in [5, 5.41) is 13.5. The third-order valence-electron chi connectivity index (χ3n) is 2.45. The highest BCUT2D eigenvalue weighted by atomic mass is 79.9. The second kappa shape index (κ2) is 6.27. The van der Waals surface area contributed by atoms with E-state index < -0.39 is 5.97 Å². The van der Waals surface area contributed by atoms with Crippen LogP contribution in [0.5, 0.6) is 5.75 Å². The van der Waals surface area contributed by atoms with E-state index in [2.05, 4.69) is 26.0 Å². The number of carbonyl (C=O) groups is 1. The number of carboxylic acids is 1. The number of aryl methyl sites for hydroxylation is 1. The molecule has 1 aromatic heterocycles. The summed E-state index contributed by atoms with van der Waals surface area (Å²) in [7, 11) is 3.31. The van der Waals surface area contributed by atoms with Crippen molar-refractivity contribution in [1.29, 1.82) is 0 Å². The fourth-order valence-corrected chi connectivity index (χ4v) is 2.56. The molecule has 1 aromatic carbocycles. The van der Waals surface area contributed by atoms with E-state index >= 15 is 0 Å². The van der Waals surface area contributed by atoms with Crippen molar-refractivity contribution in [1.82, 2.24) is 14.8 Å². The molecular formula is C12H12BrN3O3S. The number of halogens is 1. The lowest BCUT2D eigenvalue weighted by Gasteiger charge is -2.05. The molecule has 0 spiro atoms. The number of hydrogen-bond acceptors (Lipinski definition) is 5. The molecule has 2 aromatic rings. The van der Waals surface area contributed by atoms with Crippen molar-refractivity contribution in [3.8, 4) is 17.1 Å². The molecule has 2 rings (SSSR count). The molecule has 0 saturated carbocycles. The Balaban J connectivity index is 2.34. The van der Waals surface area contributed by atoms with Gasteiger partial charge in [-0.2, -0.15) is 5.10 Å². The van der Waals surface area contributed by atoms with Gasteiger partial charge in [0.05, 0.1) is 18.4 Å². The highest BCUT2D eigenvalue weighted by Gasteiger charge is 2.15. The number of aromatic nitrogens is 3.